The first kappa shape index (κ1) is 26.6. The van der Waals surface area contributed by atoms with Crippen LogP contribution in [0.2, 0.25) is 0 Å². The molecule has 0 saturated heterocycles. The molecule has 0 bridgehead atoms. The van der Waals surface area contributed by atoms with E-state index in [1.807, 2.05) is 44.2 Å². The van der Waals surface area contributed by atoms with Crippen LogP contribution < -0.4 is 9.47 Å². The minimum Gasteiger partial charge on any atom is -0.493 e. The molecule has 0 radical (unpaired) electrons. The molecule has 2 amide bonds. The van der Waals surface area contributed by atoms with E-state index in [2.05, 4.69) is 6.92 Å². The van der Waals surface area contributed by atoms with Crippen molar-refractivity contribution < 1.29 is 23.5 Å². The number of aryl methyl sites for hydroxylation is 1. The molecule has 1 saturated carbocycles. The summed E-state index contributed by atoms with van der Waals surface area (Å²) in [5.41, 5.74) is 1.04. The number of carbonyl (C=O) groups is 2. The molecule has 7 heteroatoms. The lowest BCUT2D eigenvalue weighted by Gasteiger charge is -2.33. The molecule has 7 nitrogen and oxygen atoms in total. The van der Waals surface area contributed by atoms with E-state index in [-0.39, 0.29) is 30.3 Å². The fraction of sp³-hybridized carbons (Fsp3) is 0.571. The van der Waals surface area contributed by atoms with Crippen molar-refractivity contribution in [3.63, 3.8) is 0 Å². The second kappa shape index (κ2) is 12.7. The summed E-state index contributed by atoms with van der Waals surface area (Å²) in [4.78, 5) is 30.5. The normalized spacial score (nSPS) is 14.5. The maximum absolute atomic E-state index is 13.6. The minimum atomic E-state index is -0.0637. The number of hydrogen-bond acceptors (Lipinski definition) is 5. The highest BCUT2D eigenvalue weighted by molar-refractivity contribution is 5.86. The fourth-order valence-corrected chi connectivity index (χ4v) is 4.67. The van der Waals surface area contributed by atoms with Gasteiger partial charge in [0.1, 0.15) is 18.1 Å². The second-order valence-electron chi connectivity index (χ2n) is 9.47. The van der Waals surface area contributed by atoms with Crippen LogP contribution in [0, 0.1) is 12.8 Å². The zero-order valence-electron chi connectivity index (χ0n) is 21.8. The molecule has 1 aliphatic carbocycles. The Kier molecular flexibility index (Phi) is 9.64. The van der Waals surface area contributed by atoms with Crippen molar-refractivity contribution in [3.8, 4) is 11.5 Å². The van der Waals surface area contributed by atoms with Gasteiger partial charge in [0, 0.05) is 18.5 Å². The van der Waals surface area contributed by atoms with Gasteiger partial charge in [0.05, 0.1) is 20.8 Å². The quantitative estimate of drug-likeness (QED) is 0.424. The standard InChI is InChI=1S/C28H40N2O5/c1-6-20(2)30(28(32)23-9-7-8-10-23)19-27(31)29(18-24-13-11-21(3)35-24)16-15-22-12-14-25(33-4)26(17-22)34-5/h11-14,17,20,23H,6-10,15-16,18-19H2,1-5H3/t20-/m1/s1. The van der Waals surface area contributed by atoms with Gasteiger partial charge in [-0.3, -0.25) is 9.59 Å². The van der Waals surface area contributed by atoms with Gasteiger partial charge in [0.2, 0.25) is 11.8 Å². The van der Waals surface area contributed by atoms with Crippen molar-refractivity contribution in [1.29, 1.82) is 0 Å². The molecule has 1 heterocycles. The van der Waals surface area contributed by atoms with E-state index in [0.717, 1.165) is 49.2 Å². The Balaban J connectivity index is 1.76. The Hall–Kier alpha value is -2.96. The topological polar surface area (TPSA) is 72.2 Å². The number of benzene rings is 1. The number of carbonyl (C=O) groups excluding carboxylic acids is 2. The Labute approximate surface area is 209 Å². The van der Waals surface area contributed by atoms with Gasteiger partial charge >= 0.3 is 0 Å². The first-order valence-electron chi connectivity index (χ1n) is 12.7. The van der Waals surface area contributed by atoms with Crippen LogP contribution >= 0.6 is 0 Å². The van der Waals surface area contributed by atoms with E-state index in [4.69, 9.17) is 13.9 Å². The van der Waals surface area contributed by atoms with Crippen LogP contribution in [0.4, 0.5) is 0 Å². The molecule has 1 fully saturated rings. The molecule has 0 unspecified atom stereocenters. The SMILES string of the molecule is CC[C@@H](C)N(CC(=O)N(CCc1ccc(OC)c(OC)c1)Cc1ccc(C)o1)C(=O)C1CCCC1. The van der Waals surface area contributed by atoms with Gasteiger partial charge in [-0.1, -0.05) is 25.8 Å². The summed E-state index contributed by atoms with van der Waals surface area (Å²) >= 11 is 0. The van der Waals surface area contributed by atoms with Crippen LogP contribution in [0.5, 0.6) is 11.5 Å². The zero-order chi connectivity index (χ0) is 25.4. The van der Waals surface area contributed by atoms with Crippen LogP contribution in [0.1, 0.15) is 63.0 Å². The number of rotatable bonds is 12. The highest BCUT2D eigenvalue weighted by Crippen LogP contribution is 2.29. The summed E-state index contributed by atoms with van der Waals surface area (Å²) in [6.07, 6.45) is 5.49. The van der Waals surface area contributed by atoms with Crippen molar-refractivity contribution in [3.05, 3.63) is 47.4 Å². The lowest BCUT2D eigenvalue weighted by Crippen LogP contribution is -2.48. The van der Waals surface area contributed by atoms with Crippen LogP contribution in [-0.2, 0) is 22.6 Å². The first-order valence-corrected chi connectivity index (χ1v) is 12.7. The second-order valence-corrected chi connectivity index (χ2v) is 9.47. The van der Waals surface area contributed by atoms with Crippen molar-refractivity contribution >= 4 is 11.8 Å². The third-order valence-electron chi connectivity index (χ3n) is 7.03. The predicted molar refractivity (Wildman–Crippen MR) is 136 cm³/mol. The Morgan fingerprint density at radius 2 is 1.80 bits per heavy atom. The number of furan rings is 1. The van der Waals surface area contributed by atoms with Crippen LogP contribution in [0.15, 0.2) is 34.7 Å². The molecular formula is C28H40N2O5. The van der Waals surface area contributed by atoms with Gasteiger partial charge < -0.3 is 23.7 Å². The van der Waals surface area contributed by atoms with E-state index in [9.17, 15) is 9.59 Å². The third-order valence-corrected chi connectivity index (χ3v) is 7.03. The van der Waals surface area contributed by atoms with Crippen LogP contribution in [0.25, 0.3) is 0 Å². The maximum atomic E-state index is 13.6. The summed E-state index contributed by atoms with van der Waals surface area (Å²) < 4.78 is 16.5. The summed E-state index contributed by atoms with van der Waals surface area (Å²) in [7, 11) is 3.22. The molecule has 3 rings (SSSR count). The molecule has 0 spiro atoms. The van der Waals surface area contributed by atoms with E-state index < -0.39 is 0 Å². The third kappa shape index (κ3) is 7.03. The monoisotopic (exact) mass is 484 g/mol. The van der Waals surface area contributed by atoms with E-state index >= 15 is 0 Å². The van der Waals surface area contributed by atoms with Crippen LogP contribution in [0.3, 0.4) is 0 Å². The lowest BCUT2D eigenvalue weighted by molar-refractivity contribution is -0.145. The van der Waals surface area contributed by atoms with Gasteiger partial charge in [0.15, 0.2) is 11.5 Å². The lowest BCUT2D eigenvalue weighted by atomic mass is 10.0. The summed E-state index contributed by atoms with van der Waals surface area (Å²) in [6, 6.07) is 9.62. The number of nitrogens with zero attached hydrogens (tertiary/aromatic N) is 2. The van der Waals surface area contributed by atoms with E-state index in [1.54, 1.807) is 24.0 Å². The molecule has 1 atom stereocenters. The van der Waals surface area contributed by atoms with Gasteiger partial charge in [-0.25, -0.2) is 0 Å². The molecule has 1 aliphatic rings. The predicted octanol–water partition coefficient (Wildman–Crippen LogP) is 4.99. The summed E-state index contributed by atoms with van der Waals surface area (Å²) in [5.74, 6) is 2.99. The van der Waals surface area contributed by atoms with Gasteiger partial charge in [-0.15, -0.1) is 0 Å². The highest BCUT2D eigenvalue weighted by Gasteiger charge is 2.31. The first-order chi connectivity index (χ1) is 16.9. The van der Waals surface area contributed by atoms with Crippen molar-refractivity contribution in [2.24, 2.45) is 5.92 Å². The average molecular weight is 485 g/mol. The van der Waals surface area contributed by atoms with Crippen molar-refractivity contribution in [2.75, 3.05) is 27.3 Å². The van der Waals surface area contributed by atoms with E-state index in [0.29, 0.717) is 31.0 Å². The largest absolute Gasteiger partial charge is 0.493 e. The molecule has 0 N–H and O–H groups in total. The molecule has 35 heavy (non-hydrogen) atoms. The number of ether oxygens (including phenoxy) is 2. The van der Waals surface area contributed by atoms with Crippen molar-refractivity contribution in [2.45, 2.75) is 71.9 Å². The van der Waals surface area contributed by atoms with E-state index in [1.165, 1.54) is 0 Å². The Bertz CT molecular complexity index is 979. The molecule has 192 valence electrons. The molecule has 1 aromatic heterocycles. The summed E-state index contributed by atoms with van der Waals surface area (Å²) in [6.45, 7) is 6.95. The molecule has 0 aliphatic heterocycles. The number of hydrogen-bond donors (Lipinski definition) is 0. The fourth-order valence-electron chi connectivity index (χ4n) is 4.67. The number of amides is 2. The molecular weight excluding hydrogens is 444 g/mol. The number of methoxy groups -OCH3 is 2. The Morgan fingerprint density at radius 1 is 1.09 bits per heavy atom. The Morgan fingerprint density at radius 3 is 2.40 bits per heavy atom. The van der Waals surface area contributed by atoms with Crippen molar-refractivity contribution in [1.82, 2.24) is 9.80 Å². The molecule has 2 aromatic rings. The molecule has 1 aromatic carbocycles. The summed E-state index contributed by atoms with van der Waals surface area (Å²) in [5, 5.41) is 0. The van der Waals surface area contributed by atoms with Gasteiger partial charge in [0.25, 0.3) is 0 Å². The van der Waals surface area contributed by atoms with Gasteiger partial charge in [-0.2, -0.15) is 0 Å². The van der Waals surface area contributed by atoms with Crippen LogP contribution in [-0.4, -0.2) is 55.0 Å². The average Bonchev–Trinajstić information content (AvgIpc) is 3.55. The zero-order valence-corrected chi connectivity index (χ0v) is 21.8. The minimum absolute atomic E-state index is 0.0191. The smallest absolute Gasteiger partial charge is 0.242 e. The highest BCUT2D eigenvalue weighted by atomic mass is 16.5. The maximum Gasteiger partial charge on any atom is 0.242 e. The van der Waals surface area contributed by atoms with Gasteiger partial charge in [-0.05, 0) is 69.4 Å².